The lowest BCUT2D eigenvalue weighted by Crippen LogP contribution is -2.75. The van der Waals surface area contributed by atoms with Gasteiger partial charge in [0.25, 0.3) is 0 Å². The lowest BCUT2D eigenvalue weighted by molar-refractivity contribution is -0.446. The van der Waals surface area contributed by atoms with Crippen LogP contribution in [0.2, 0.25) is 0 Å². The second kappa shape index (κ2) is 8.84. The van der Waals surface area contributed by atoms with E-state index in [1.165, 1.54) is 11.9 Å². The molecule has 35 heavy (non-hydrogen) atoms. The van der Waals surface area contributed by atoms with Crippen LogP contribution in [-0.2, 0) is 4.79 Å². The van der Waals surface area contributed by atoms with Crippen molar-refractivity contribution in [3.8, 4) is 0 Å². The Kier molecular flexibility index (Phi) is 7.98. The Morgan fingerprint density at radius 3 is 1.26 bits per heavy atom. The van der Waals surface area contributed by atoms with Crippen LogP contribution in [0.1, 0.15) is 0 Å². The molecule has 1 saturated heterocycles. The van der Waals surface area contributed by atoms with Crippen LogP contribution in [0.5, 0.6) is 0 Å². The van der Waals surface area contributed by atoms with Crippen LogP contribution in [0.25, 0.3) is 0 Å². The summed E-state index contributed by atoms with van der Waals surface area (Å²) in [7, 11) is 1.45. The highest BCUT2D eigenvalue weighted by atomic mass is 35.5. The number of nitrogens with one attached hydrogen (secondary N) is 1. The fourth-order valence-electron chi connectivity index (χ4n) is 2.44. The van der Waals surface area contributed by atoms with E-state index < -0.39 is 65.8 Å². The third-order valence-corrected chi connectivity index (χ3v) is 5.01. The van der Waals surface area contributed by atoms with Gasteiger partial charge in [0.05, 0.1) is 0 Å². The van der Waals surface area contributed by atoms with Gasteiger partial charge in [0.2, 0.25) is 0 Å². The number of piperazine rings is 1. The van der Waals surface area contributed by atoms with E-state index in [0.717, 1.165) is 5.43 Å². The molecule has 21 heteroatoms. The van der Waals surface area contributed by atoms with Crippen LogP contribution in [0.15, 0.2) is 0 Å². The number of amides is 1. The van der Waals surface area contributed by atoms with Crippen molar-refractivity contribution in [2.75, 3.05) is 33.2 Å². The number of hydrazine groups is 1. The smallest absolute Gasteiger partial charge is 0.304 e. The lowest BCUT2D eigenvalue weighted by atomic mass is 9.89. The van der Waals surface area contributed by atoms with Gasteiger partial charge in [-0.1, -0.05) is 0 Å². The maximum absolute atomic E-state index is 13.8. The Morgan fingerprint density at radius 2 is 0.914 bits per heavy atom. The van der Waals surface area contributed by atoms with E-state index >= 15 is 0 Å². The topological polar surface area (TPSA) is 35.6 Å². The largest absolute Gasteiger partial charge is 0.394 e. The SMILES string of the molecule is CN1CCN(NC(=O)C(F)(F)C(F)(F)C(F)(F)C(F)(F)C(F)(F)C(F)(F)C(F)(F)C(F)(F)Cl)CC1. The molecule has 1 fully saturated rings. The van der Waals surface area contributed by atoms with Gasteiger partial charge in [-0.25, -0.2) is 5.01 Å². The van der Waals surface area contributed by atoms with Crippen LogP contribution >= 0.6 is 11.6 Å². The molecule has 0 bridgehead atoms. The fourth-order valence-corrected chi connectivity index (χ4v) is 2.56. The first-order chi connectivity index (χ1) is 15.1. The van der Waals surface area contributed by atoms with Crippen LogP contribution in [-0.4, -0.2) is 95.9 Å². The molecule has 1 aliphatic rings. The molecule has 0 spiro atoms. The predicted octanol–water partition coefficient (Wildman–Crippen LogP) is 4.54. The maximum atomic E-state index is 13.8. The summed E-state index contributed by atoms with van der Waals surface area (Å²) in [6, 6.07) is 0. The average Bonchev–Trinajstić information content (AvgIpc) is 2.67. The van der Waals surface area contributed by atoms with Gasteiger partial charge in [-0.3, -0.25) is 10.2 Å². The minimum atomic E-state index is -8.60. The fraction of sp³-hybridized carbons (Fsp3) is 0.929. The van der Waals surface area contributed by atoms with Gasteiger partial charge >= 0.3 is 52.7 Å². The molecule has 0 aromatic heterocycles. The number of carbonyl (C=O) groups excluding carboxylic acids is 1. The molecule has 0 radical (unpaired) electrons. The standard InChI is InChI=1S/C14H12ClF16N3O/c1-33-2-4-34(5-3-33)32-6(35)7(16,17)8(18,19)9(20,21)10(22,23)11(24,25)12(26,27)13(28,29)14(15,30)31/h2-5H2,1H3,(H,32,35). The van der Waals surface area contributed by atoms with E-state index in [0.29, 0.717) is 5.01 Å². The summed E-state index contributed by atoms with van der Waals surface area (Å²) in [6.07, 6.45) is 0. The minimum absolute atomic E-state index is 0.0444. The van der Waals surface area contributed by atoms with Crippen LogP contribution < -0.4 is 5.43 Å². The zero-order valence-corrected chi connectivity index (χ0v) is 17.3. The van der Waals surface area contributed by atoms with Crippen LogP contribution in [0.3, 0.4) is 0 Å². The van der Waals surface area contributed by atoms with Gasteiger partial charge in [0, 0.05) is 26.2 Å². The molecule has 1 amide bonds. The van der Waals surface area contributed by atoms with Crippen molar-refractivity contribution in [3.05, 3.63) is 0 Å². The number of carbonyl (C=O) groups is 1. The number of nitrogens with zero attached hydrogens (tertiary/aromatic N) is 2. The molecule has 1 heterocycles. The quantitative estimate of drug-likeness (QED) is 0.323. The van der Waals surface area contributed by atoms with Crippen molar-refractivity contribution in [1.29, 1.82) is 0 Å². The number of hydrogen-bond acceptors (Lipinski definition) is 3. The number of alkyl halides is 17. The highest BCUT2D eigenvalue weighted by Crippen LogP contribution is 2.64. The predicted molar refractivity (Wildman–Crippen MR) is 82.6 cm³/mol. The Hall–Kier alpha value is -1.44. The number of likely N-dealkylation sites (N-methyl/N-ethyl adjacent to an activating group) is 1. The van der Waals surface area contributed by atoms with Crippen LogP contribution in [0.4, 0.5) is 70.2 Å². The molecule has 0 aliphatic carbocycles. The normalized spacial score (nSPS) is 19.1. The summed E-state index contributed by atoms with van der Waals surface area (Å²) >= 11 is 3.43. The molecule has 0 saturated carbocycles. The van der Waals surface area contributed by atoms with E-state index in [1.807, 2.05) is 0 Å². The Balaban J connectivity index is 3.45. The Labute approximate surface area is 189 Å². The molecular weight excluding hydrogens is 566 g/mol. The van der Waals surface area contributed by atoms with Crippen molar-refractivity contribution < 1.29 is 75.0 Å². The molecule has 1 rings (SSSR count). The monoisotopic (exact) mass is 577 g/mol. The second-order valence-electron chi connectivity index (χ2n) is 7.25. The van der Waals surface area contributed by atoms with Crippen molar-refractivity contribution >= 4 is 17.5 Å². The Morgan fingerprint density at radius 1 is 0.600 bits per heavy atom. The number of rotatable bonds is 9. The van der Waals surface area contributed by atoms with Gasteiger partial charge in [0.1, 0.15) is 0 Å². The third-order valence-electron chi connectivity index (χ3n) is 4.77. The summed E-state index contributed by atoms with van der Waals surface area (Å²) in [6.45, 7) is -0.945. The molecule has 4 nitrogen and oxygen atoms in total. The zero-order chi connectivity index (χ0) is 28.3. The Bertz CT molecular complexity index is 791. The van der Waals surface area contributed by atoms with Crippen molar-refractivity contribution in [1.82, 2.24) is 15.3 Å². The van der Waals surface area contributed by atoms with E-state index in [1.54, 1.807) is 0 Å². The van der Waals surface area contributed by atoms with Gasteiger partial charge in [-0.2, -0.15) is 70.2 Å². The van der Waals surface area contributed by atoms with Crippen molar-refractivity contribution in [3.63, 3.8) is 0 Å². The maximum Gasteiger partial charge on any atom is 0.394 e. The molecule has 0 aromatic carbocycles. The molecule has 0 aromatic rings. The van der Waals surface area contributed by atoms with Gasteiger partial charge in [-0.15, -0.1) is 0 Å². The van der Waals surface area contributed by atoms with Gasteiger partial charge in [-0.05, 0) is 18.6 Å². The van der Waals surface area contributed by atoms with Gasteiger partial charge in [0.15, 0.2) is 0 Å². The number of halogens is 17. The highest BCUT2D eigenvalue weighted by Gasteiger charge is 2.95. The molecule has 0 unspecified atom stereocenters. The molecular formula is C14H12ClF16N3O. The molecule has 1 N–H and O–H groups in total. The summed E-state index contributed by atoms with van der Waals surface area (Å²) in [5, 5.41) is -6.45. The van der Waals surface area contributed by atoms with Crippen molar-refractivity contribution in [2.45, 2.75) is 46.8 Å². The van der Waals surface area contributed by atoms with Crippen molar-refractivity contribution in [2.24, 2.45) is 0 Å². The molecule has 208 valence electrons. The summed E-state index contributed by atoms with van der Waals surface area (Å²) in [5.41, 5.74) is 0.910. The van der Waals surface area contributed by atoms with E-state index in [-0.39, 0.29) is 13.1 Å². The summed E-state index contributed by atoms with van der Waals surface area (Å²) in [4.78, 5) is 12.9. The second-order valence-corrected chi connectivity index (χ2v) is 7.72. The van der Waals surface area contributed by atoms with E-state index in [4.69, 9.17) is 0 Å². The zero-order valence-electron chi connectivity index (χ0n) is 16.6. The van der Waals surface area contributed by atoms with E-state index in [9.17, 15) is 75.0 Å². The first kappa shape index (κ1) is 31.6. The molecule has 0 atom stereocenters. The summed E-state index contributed by atoms with van der Waals surface area (Å²) < 4.78 is 214. The minimum Gasteiger partial charge on any atom is -0.304 e. The number of hydrogen-bond donors (Lipinski definition) is 1. The third kappa shape index (κ3) is 4.57. The first-order valence-corrected chi connectivity index (χ1v) is 8.98. The lowest BCUT2D eigenvalue weighted by Gasteiger charge is -2.43. The first-order valence-electron chi connectivity index (χ1n) is 8.60. The average molecular weight is 578 g/mol. The highest BCUT2D eigenvalue weighted by molar-refractivity contribution is 6.22. The van der Waals surface area contributed by atoms with E-state index in [2.05, 4.69) is 11.6 Å². The van der Waals surface area contributed by atoms with Gasteiger partial charge < -0.3 is 4.90 Å². The van der Waals surface area contributed by atoms with Crippen LogP contribution in [0, 0.1) is 0 Å². The molecule has 1 aliphatic heterocycles. The summed E-state index contributed by atoms with van der Waals surface area (Å²) in [5.74, 6) is -60.3.